The van der Waals surface area contributed by atoms with Gasteiger partial charge < -0.3 is 9.47 Å². The van der Waals surface area contributed by atoms with Crippen LogP contribution in [0.25, 0.3) is 0 Å². The first kappa shape index (κ1) is 22.0. The van der Waals surface area contributed by atoms with E-state index in [1.165, 1.54) is 18.3 Å². The van der Waals surface area contributed by atoms with Gasteiger partial charge in [-0.2, -0.15) is 5.10 Å². The highest BCUT2D eigenvalue weighted by Crippen LogP contribution is 2.35. The average Bonchev–Trinajstić information content (AvgIpc) is 2.73. The van der Waals surface area contributed by atoms with E-state index in [1.54, 1.807) is 0 Å². The van der Waals surface area contributed by atoms with Crippen molar-refractivity contribution in [1.82, 2.24) is 5.43 Å². The third-order valence-corrected chi connectivity index (χ3v) is 4.62. The zero-order valence-corrected chi connectivity index (χ0v) is 17.9. The minimum absolute atomic E-state index is 0.188. The fourth-order valence-corrected chi connectivity index (χ4v) is 3.33. The van der Waals surface area contributed by atoms with E-state index in [9.17, 15) is 4.79 Å². The number of amides is 1. The molecule has 1 amide bonds. The van der Waals surface area contributed by atoms with E-state index in [4.69, 9.17) is 44.3 Å². The maximum Gasteiger partial charge on any atom is 0.277 e. The van der Waals surface area contributed by atoms with Crippen molar-refractivity contribution in [2.45, 2.75) is 6.61 Å². The van der Waals surface area contributed by atoms with Gasteiger partial charge in [-0.15, -0.1) is 0 Å². The van der Waals surface area contributed by atoms with Crippen molar-refractivity contribution >= 4 is 46.9 Å². The Morgan fingerprint density at radius 3 is 2.27 bits per heavy atom. The lowest BCUT2D eigenvalue weighted by Gasteiger charge is -2.09. The predicted octanol–water partition coefficient (Wildman–Crippen LogP) is 5.75. The number of ether oxygens (including phenoxy) is 2. The molecule has 3 rings (SSSR count). The van der Waals surface area contributed by atoms with Crippen LogP contribution in [0.15, 0.2) is 71.8 Å². The first-order chi connectivity index (χ1) is 14.5. The smallest absolute Gasteiger partial charge is 0.277 e. The molecule has 0 fully saturated rings. The number of halogens is 3. The van der Waals surface area contributed by atoms with Gasteiger partial charge in [0, 0.05) is 5.02 Å². The van der Waals surface area contributed by atoms with Crippen molar-refractivity contribution in [3.05, 3.63) is 92.9 Å². The molecule has 0 aromatic heterocycles. The fraction of sp³-hybridized carbons (Fsp3) is 0.0909. The van der Waals surface area contributed by atoms with Crippen LogP contribution in [0, 0.1) is 0 Å². The third kappa shape index (κ3) is 6.66. The van der Waals surface area contributed by atoms with Crippen LogP contribution in [-0.2, 0) is 11.4 Å². The molecule has 0 saturated carbocycles. The van der Waals surface area contributed by atoms with Crippen LogP contribution in [0.2, 0.25) is 15.1 Å². The molecule has 0 aliphatic rings. The lowest BCUT2D eigenvalue weighted by molar-refractivity contribution is -0.123. The van der Waals surface area contributed by atoms with Gasteiger partial charge in [0.2, 0.25) is 0 Å². The largest absolute Gasteiger partial charge is 0.489 e. The van der Waals surface area contributed by atoms with Crippen molar-refractivity contribution in [2.24, 2.45) is 5.10 Å². The normalized spacial score (nSPS) is 10.8. The summed E-state index contributed by atoms with van der Waals surface area (Å²) >= 11 is 17.9. The molecule has 8 heteroatoms. The van der Waals surface area contributed by atoms with Gasteiger partial charge in [0.15, 0.2) is 12.4 Å². The Hall–Kier alpha value is -2.73. The van der Waals surface area contributed by atoms with Gasteiger partial charge in [0.05, 0.1) is 16.3 Å². The fourth-order valence-electron chi connectivity index (χ4n) is 2.41. The van der Waals surface area contributed by atoms with E-state index in [-0.39, 0.29) is 22.4 Å². The highest BCUT2D eigenvalue weighted by atomic mass is 35.5. The molecule has 5 nitrogen and oxygen atoms in total. The molecule has 30 heavy (non-hydrogen) atoms. The van der Waals surface area contributed by atoms with Gasteiger partial charge in [0.25, 0.3) is 5.91 Å². The molecule has 1 N–H and O–H groups in total. The van der Waals surface area contributed by atoms with Crippen molar-refractivity contribution in [3.8, 4) is 11.5 Å². The van der Waals surface area contributed by atoms with Gasteiger partial charge in [-0.25, -0.2) is 5.43 Å². The summed E-state index contributed by atoms with van der Waals surface area (Å²) in [5.41, 5.74) is 4.27. The Kier molecular flexibility index (Phi) is 7.97. The summed E-state index contributed by atoms with van der Waals surface area (Å²) in [4.78, 5) is 11.9. The molecule has 0 bridgehead atoms. The molecule has 0 saturated heterocycles. The molecule has 3 aromatic rings. The number of carbonyl (C=O) groups excluding carboxylic acids is 1. The van der Waals surface area contributed by atoms with Crippen LogP contribution in [0.4, 0.5) is 0 Å². The van der Waals surface area contributed by atoms with Gasteiger partial charge in [0.1, 0.15) is 12.4 Å². The number of carbonyl (C=O) groups is 1. The maximum absolute atomic E-state index is 11.9. The molecule has 0 heterocycles. The van der Waals surface area contributed by atoms with Crippen LogP contribution in [0.3, 0.4) is 0 Å². The lowest BCUT2D eigenvalue weighted by Crippen LogP contribution is -2.24. The quantitative estimate of drug-likeness (QED) is 0.341. The minimum Gasteiger partial charge on any atom is -0.489 e. The number of nitrogens with zero attached hydrogens (tertiary/aromatic N) is 1. The van der Waals surface area contributed by atoms with E-state index >= 15 is 0 Å². The maximum atomic E-state index is 11.9. The topological polar surface area (TPSA) is 59.9 Å². The molecule has 154 valence electrons. The summed E-state index contributed by atoms with van der Waals surface area (Å²) < 4.78 is 11.1. The zero-order valence-electron chi connectivity index (χ0n) is 15.6. The van der Waals surface area contributed by atoms with Gasteiger partial charge in [-0.05, 0) is 47.5 Å². The molecular formula is C22H17Cl3N2O3. The van der Waals surface area contributed by atoms with Crippen LogP contribution in [0.5, 0.6) is 11.5 Å². The van der Waals surface area contributed by atoms with Crippen molar-refractivity contribution in [1.29, 1.82) is 0 Å². The van der Waals surface area contributed by atoms with Crippen LogP contribution >= 0.6 is 34.8 Å². The summed E-state index contributed by atoms with van der Waals surface area (Å²) in [6.45, 7) is 0.191. The predicted molar refractivity (Wildman–Crippen MR) is 120 cm³/mol. The number of hydrazone groups is 1. The second-order valence-electron chi connectivity index (χ2n) is 6.12. The number of rotatable bonds is 8. The molecule has 0 aliphatic carbocycles. The Balaban J connectivity index is 1.45. The highest BCUT2D eigenvalue weighted by molar-refractivity contribution is 6.40. The van der Waals surface area contributed by atoms with Crippen molar-refractivity contribution < 1.29 is 14.3 Å². The SMILES string of the molecule is O=C(COc1c(Cl)cc(Cl)cc1Cl)N/N=C/c1ccc(OCc2ccccc2)cc1. The number of hydrogen-bond donors (Lipinski definition) is 1. The van der Waals surface area contributed by atoms with Gasteiger partial charge in [-0.3, -0.25) is 4.79 Å². The number of benzene rings is 3. The Morgan fingerprint density at radius 1 is 0.933 bits per heavy atom. The summed E-state index contributed by atoms with van der Waals surface area (Å²) in [6.07, 6.45) is 1.52. The van der Waals surface area contributed by atoms with Gasteiger partial charge in [-0.1, -0.05) is 65.1 Å². The first-order valence-corrected chi connectivity index (χ1v) is 10.0. The zero-order chi connectivity index (χ0) is 21.3. The highest BCUT2D eigenvalue weighted by Gasteiger charge is 2.11. The molecule has 3 aromatic carbocycles. The molecular weight excluding hydrogens is 447 g/mol. The number of hydrogen-bond acceptors (Lipinski definition) is 4. The van der Waals surface area contributed by atoms with Crippen molar-refractivity contribution in [3.63, 3.8) is 0 Å². The van der Waals surface area contributed by atoms with Crippen LogP contribution in [0.1, 0.15) is 11.1 Å². The second-order valence-corrected chi connectivity index (χ2v) is 7.37. The minimum atomic E-state index is -0.462. The summed E-state index contributed by atoms with van der Waals surface area (Å²) in [5, 5.41) is 4.72. The average molecular weight is 464 g/mol. The summed E-state index contributed by atoms with van der Waals surface area (Å²) in [5.74, 6) is 0.467. The Bertz CT molecular complexity index is 1000. The second kappa shape index (κ2) is 10.9. The summed E-state index contributed by atoms with van der Waals surface area (Å²) in [6, 6.07) is 20.2. The molecule has 0 spiro atoms. The van der Waals surface area contributed by atoms with E-state index in [0.717, 1.165) is 16.9 Å². The van der Waals surface area contributed by atoms with Crippen LogP contribution < -0.4 is 14.9 Å². The first-order valence-electron chi connectivity index (χ1n) is 8.87. The monoisotopic (exact) mass is 462 g/mol. The summed E-state index contributed by atoms with van der Waals surface area (Å²) in [7, 11) is 0. The van der Waals surface area contributed by atoms with Gasteiger partial charge >= 0.3 is 0 Å². The van der Waals surface area contributed by atoms with E-state index in [2.05, 4.69) is 10.5 Å². The van der Waals surface area contributed by atoms with E-state index in [0.29, 0.717) is 11.6 Å². The molecule has 0 unspecified atom stereocenters. The molecule has 0 atom stereocenters. The Morgan fingerprint density at radius 2 is 1.60 bits per heavy atom. The van der Waals surface area contributed by atoms with E-state index < -0.39 is 5.91 Å². The standard InChI is InChI=1S/C22H17Cl3N2O3/c23-17-10-19(24)22(20(25)11-17)30-14-21(28)27-26-12-15-6-8-18(9-7-15)29-13-16-4-2-1-3-5-16/h1-12H,13-14H2,(H,27,28)/b26-12+. The van der Waals surface area contributed by atoms with E-state index in [1.807, 2.05) is 54.6 Å². The van der Waals surface area contributed by atoms with Crippen molar-refractivity contribution in [2.75, 3.05) is 6.61 Å². The van der Waals surface area contributed by atoms with Crippen LogP contribution in [-0.4, -0.2) is 18.7 Å². The molecule has 0 radical (unpaired) electrons. The third-order valence-electron chi connectivity index (χ3n) is 3.84. The lowest BCUT2D eigenvalue weighted by atomic mass is 10.2. The Labute approximate surface area is 189 Å². The molecule has 0 aliphatic heterocycles. The number of nitrogens with one attached hydrogen (secondary N) is 1.